The summed E-state index contributed by atoms with van der Waals surface area (Å²) < 4.78 is 13.0. The minimum atomic E-state index is -0.741. The maximum Gasteiger partial charge on any atom is 0.133 e. The van der Waals surface area contributed by atoms with E-state index in [1.54, 1.807) is 6.07 Å². The minimum Gasteiger partial charge on any atom is -0.285 e. The average Bonchev–Trinajstić information content (AvgIpc) is 2.65. The number of benzene rings is 1. The molecule has 0 aromatic heterocycles. The van der Waals surface area contributed by atoms with E-state index in [0.717, 1.165) is 11.1 Å². The zero-order valence-electron chi connectivity index (χ0n) is 8.76. The van der Waals surface area contributed by atoms with Crippen LogP contribution in [0.25, 0.3) is 0 Å². The number of hydrogen-bond donors (Lipinski definition) is 1. The lowest BCUT2D eigenvalue weighted by Gasteiger charge is -2.22. The van der Waals surface area contributed by atoms with Crippen molar-refractivity contribution in [3.63, 3.8) is 0 Å². The Balaban J connectivity index is 2.41. The fourth-order valence-corrected chi connectivity index (χ4v) is 2.18. The molecular formula is C13H11FN2. The van der Waals surface area contributed by atoms with Gasteiger partial charge in [-0.2, -0.15) is 5.26 Å². The van der Waals surface area contributed by atoms with Crippen LogP contribution < -0.4 is 5.32 Å². The van der Waals surface area contributed by atoms with Crippen LogP contribution in [0.1, 0.15) is 17.5 Å². The molecule has 0 radical (unpaired) electrons. The van der Waals surface area contributed by atoms with E-state index in [2.05, 4.69) is 17.3 Å². The Morgan fingerprint density at radius 1 is 1.56 bits per heavy atom. The number of nitriles is 1. The predicted molar refractivity (Wildman–Crippen MR) is 58.8 cm³/mol. The van der Waals surface area contributed by atoms with E-state index in [-0.39, 0.29) is 5.82 Å². The molecule has 16 heavy (non-hydrogen) atoms. The second kappa shape index (κ2) is 3.96. The number of halogens is 1. The third-order valence-electron chi connectivity index (χ3n) is 2.98. The molecule has 2 nitrogen and oxygen atoms in total. The number of nitrogens with one attached hydrogen (secondary N) is 1. The lowest BCUT2D eigenvalue weighted by atomic mass is 9.93. The number of fused-ring (bicyclic) bond motifs is 1. The Morgan fingerprint density at radius 2 is 2.38 bits per heavy atom. The van der Waals surface area contributed by atoms with Gasteiger partial charge in [0, 0.05) is 0 Å². The van der Waals surface area contributed by atoms with E-state index >= 15 is 0 Å². The zero-order valence-corrected chi connectivity index (χ0v) is 8.76. The smallest absolute Gasteiger partial charge is 0.133 e. The monoisotopic (exact) mass is 214 g/mol. The maximum absolute atomic E-state index is 13.0. The van der Waals surface area contributed by atoms with Crippen molar-refractivity contribution in [3.8, 4) is 18.4 Å². The van der Waals surface area contributed by atoms with E-state index in [9.17, 15) is 9.65 Å². The van der Waals surface area contributed by atoms with E-state index in [0.29, 0.717) is 19.4 Å². The molecule has 0 bridgehead atoms. The highest BCUT2D eigenvalue weighted by molar-refractivity contribution is 5.43. The molecule has 1 aliphatic rings. The molecule has 0 aliphatic heterocycles. The molecule has 1 N–H and O–H groups in total. The van der Waals surface area contributed by atoms with Gasteiger partial charge in [-0.3, -0.25) is 5.32 Å². The Morgan fingerprint density at radius 3 is 3.06 bits per heavy atom. The van der Waals surface area contributed by atoms with Crippen LogP contribution in [0.2, 0.25) is 0 Å². The first kappa shape index (κ1) is 10.7. The van der Waals surface area contributed by atoms with Crippen LogP contribution in [-0.2, 0) is 12.0 Å². The van der Waals surface area contributed by atoms with Gasteiger partial charge in [0.05, 0.1) is 12.6 Å². The first-order chi connectivity index (χ1) is 7.72. The van der Waals surface area contributed by atoms with Crippen LogP contribution >= 0.6 is 0 Å². The fourth-order valence-electron chi connectivity index (χ4n) is 2.18. The van der Waals surface area contributed by atoms with Gasteiger partial charge in [-0.1, -0.05) is 12.0 Å². The Hall–Kier alpha value is -1.84. The van der Waals surface area contributed by atoms with Gasteiger partial charge in [-0.25, -0.2) is 4.39 Å². The van der Waals surface area contributed by atoms with Gasteiger partial charge in [-0.15, -0.1) is 6.42 Å². The van der Waals surface area contributed by atoms with Gasteiger partial charge in [0.15, 0.2) is 0 Å². The van der Waals surface area contributed by atoms with Crippen molar-refractivity contribution >= 4 is 0 Å². The Labute approximate surface area is 94.1 Å². The molecule has 0 saturated carbocycles. The zero-order chi connectivity index (χ0) is 11.6. The first-order valence-electron chi connectivity index (χ1n) is 5.10. The third kappa shape index (κ3) is 1.56. The topological polar surface area (TPSA) is 35.8 Å². The van der Waals surface area contributed by atoms with Crippen molar-refractivity contribution in [2.45, 2.75) is 18.4 Å². The number of nitrogens with zero attached hydrogens (tertiary/aromatic N) is 1. The molecule has 1 atom stereocenters. The van der Waals surface area contributed by atoms with Crippen LogP contribution in [0.15, 0.2) is 18.2 Å². The molecule has 0 saturated heterocycles. The van der Waals surface area contributed by atoms with Crippen molar-refractivity contribution in [1.29, 1.82) is 5.26 Å². The maximum atomic E-state index is 13.0. The molecule has 3 heteroatoms. The van der Waals surface area contributed by atoms with Crippen LogP contribution in [0.5, 0.6) is 0 Å². The largest absolute Gasteiger partial charge is 0.285 e. The quantitative estimate of drug-likeness (QED) is 0.761. The summed E-state index contributed by atoms with van der Waals surface area (Å²) in [6.45, 7) is 0.338. The van der Waals surface area contributed by atoms with E-state index in [1.165, 1.54) is 12.1 Å². The third-order valence-corrected chi connectivity index (χ3v) is 2.98. The highest BCUT2D eigenvalue weighted by Crippen LogP contribution is 2.36. The highest BCUT2D eigenvalue weighted by Gasteiger charge is 2.38. The second-order valence-electron chi connectivity index (χ2n) is 3.88. The standard InChI is InChI=1S/C13H11FN2/c1-2-7-16-13(9-15)6-5-10-8-11(14)3-4-12(10)13/h1,3-4,8,16H,5-7H2. The Kier molecular flexibility index (Phi) is 2.64. The highest BCUT2D eigenvalue weighted by atomic mass is 19.1. The average molecular weight is 214 g/mol. The number of hydrogen-bond acceptors (Lipinski definition) is 2. The summed E-state index contributed by atoms with van der Waals surface area (Å²) in [7, 11) is 0. The van der Waals surface area contributed by atoms with Crippen molar-refractivity contribution in [2.75, 3.05) is 6.54 Å². The summed E-state index contributed by atoms with van der Waals surface area (Å²) in [6, 6.07) is 6.80. The summed E-state index contributed by atoms with van der Waals surface area (Å²) in [5, 5.41) is 12.3. The predicted octanol–water partition coefficient (Wildman–Crippen LogP) is 1.71. The van der Waals surface area contributed by atoms with E-state index in [4.69, 9.17) is 6.42 Å². The minimum absolute atomic E-state index is 0.260. The number of terminal acetylenes is 1. The van der Waals surface area contributed by atoms with Gasteiger partial charge in [0.2, 0.25) is 0 Å². The van der Waals surface area contributed by atoms with Gasteiger partial charge in [0.25, 0.3) is 0 Å². The lowest BCUT2D eigenvalue weighted by Crippen LogP contribution is -2.39. The molecule has 0 fully saturated rings. The summed E-state index contributed by atoms with van der Waals surface area (Å²) in [5.41, 5.74) is 1.01. The van der Waals surface area contributed by atoms with Gasteiger partial charge in [-0.05, 0) is 36.1 Å². The van der Waals surface area contributed by atoms with Crippen molar-refractivity contribution in [3.05, 3.63) is 35.1 Å². The molecule has 2 rings (SSSR count). The first-order valence-corrected chi connectivity index (χ1v) is 5.10. The Bertz CT molecular complexity index is 496. The van der Waals surface area contributed by atoms with Crippen LogP contribution in [0.3, 0.4) is 0 Å². The molecule has 1 aliphatic carbocycles. The van der Waals surface area contributed by atoms with Crippen LogP contribution in [-0.4, -0.2) is 6.54 Å². The van der Waals surface area contributed by atoms with E-state index < -0.39 is 5.54 Å². The molecule has 0 heterocycles. The van der Waals surface area contributed by atoms with Crippen LogP contribution in [0, 0.1) is 29.5 Å². The van der Waals surface area contributed by atoms with E-state index in [1.807, 2.05) is 0 Å². The second-order valence-corrected chi connectivity index (χ2v) is 3.88. The van der Waals surface area contributed by atoms with Gasteiger partial charge >= 0.3 is 0 Å². The van der Waals surface area contributed by atoms with Gasteiger partial charge < -0.3 is 0 Å². The molecule has 0 amide bonds. The molecular weight excluding hydrogens is 203 g/mol. The molecule has 0 spiro atoms. The normalized spacial score (nSPS) is 22.2. The summed E-state index contributed by atoms with van der Waals surface area (Å²) in [4.78, 5) is 0. The van der Waals surface area contributed by atoms with Crippen molar-refractivity contribution < 1.29 is 4.39 Å². The SMILES string of the molecule is C#CCNC1(C#N)CCc2cc(F)ccc21. The summed E-state index contributed by atoms with van der Waals surface area (Å²) >= 11 is 0. The lowest BCUT2D eigenvalue weighted by molar-refractivity contribution is 0.450. The summed E-state index contributed by atoms with van der Waals surface area (Å²) in [6.07, 6.45) is 6.53. The molecule has 1 aromatic rings. The summed E-state index contributed by atoms with van der Waals surface area (Å²) in [5.74, 6) is 2.20. The number of rotatable bonds is 2. The fraction of sp³-hybridized carbons (Fsp3) is 0.308. The molecule has 1 unspecified atom stereocenters. The molecule has 80 valence electrons. The van der Waals surface area contributed by atoms with Crippen molar-refractivity contribution in [2.24, 2.45) is 0 Å². The van der Waals surface area contributed by atoms with Crippen LogP contribution in [0.4, 0.5) is 4.39 Å². The van der Waals surface area contributed by atoms with Crippen molar-refractivity contribution in [1.82, 2.24) is 5.32 Å². The molecule has 1 aromatic carbocycles. The van der Waals surface area contributed by atoms with Gasteiger partial charge in [0.1, 0.15) is 11.4 Å². The number of aryl methyl sites for hydroxylation is 1.